The smallest absolute Gasteiger partial charge is 0.407 e. The molecule has 0 radical (unpaired) electrons. The number of methoxy groups -OCH3 is 2. The van der Waals surface area contributed by atoms with Crippen LogP contribution >= 0.6 is 15.9 Å². The number of carbonyl (C=O) groups is 1. The average molecular weight is 418 g/mol. The molecular formula is C18H28BrNO5. The van der Waals surface area contributed by atoms with Gasteiger partial charge in [-0.15, -0.1) is 0 Å². The monoisotopic (exact) mass is 417 g/mol. The van der Waals surface area contributed by atoms with Gasteiger partial charge in [0.2, 0.25) is 5.75 Å². The molecule has 0 saturated heterocycles. The van der Waals surface area contributed by atoms with E-state index in [9.17, 15) is 4.79 Å². The number of hydrogen-bond donors (Lipinski definition) is 1. The van der Waals surface area contributed by atoms with E-state index in [0.717, 1.165) is 10.0 Å². The number of alkyl carbamates (subject to hydrolysis) is 1. The Morgan fingerprint density at radius 3 is 2.32 bits per heavy atom. The maximum atomic E-state index is 11.8. The molecule has 7 heteroatoms. The molecule has 0 spiro atoms. The molecule has 1 rings (SSSR count). The van der Waals surface area contributed by atoms with Gasteiger partial charge < -0.3 is 24.3 Å². The highest BCUT2D eigenvalue weighted by Crippen LogP contribution is 2.44. The molecule has 1 N–H and O–H groups in total. The van der Waals surface area contributed by atoms with Crippen molar-refractivity contribution in [3.05, 3.63) is 16.1 Å². The Bertz CT molecular complexity index is 596. The van der Waals surface area contributed by atoms with E-state index in [1.54, 1.807) is 14.2 Å². The third-order valence-electron chi connectivity index (χ3n) is 3.07. The zero-order chi connectivity index (χ0) is 19.2. The summed E-state index contributed by atoms with van der Waals surface area (Å²) in [5.74, 6) is 1.72. The Morgan fingerprint density at radius 2 is 1.84 bits per heavy atom. The standard InChI is InChI=1S/C18H28BrNO5/c1-11(2)24-15-12(8-9-20-17(21)25-18(3,4)5)13(19)10-14(22-6)16(15)23-7/h10-11H,8-9H2,1-7H3,(H,20,21). The quantitative estimate of drug-likeness (QED) is 0.715. The van der Waals surface area contributed by atoms with Gasteiger partial charge in [-0.25, -0.2) is 4.79 Å². The molecular weight excluding hydrogens is 390 g/mol. The van der Waals surface area contributed by atoms with Gasteiger partial charge in [0.25, 0.3) is 0 Å². The first-order valence-electron chi connectivity index (χ1n) is 8.16. The topological polar surface area (TPSA) is 66.0 Å². The predicted octanol–water partition coefficient (Wildman–Crippen LogP) is 4.32. The van der Waals surface area contributed by atoms with Crippen molar-refractivity contribution in [3.8, 4) is 17.2 Å². The van der Waals surface area contributed by atoms with Crippen LogP contribution in [0.5, 0.6) is 17.2 Å². The van der Waals surface area contributed by atoms with Gasteiger partial charge >= 0.3 is 6.09 Å². The SMILES string of the molecule is COc1cc(Br)c(CCNC(=O)OC(C)(C)C)c(OC(C)C)c1OC. The molecule has 0 aromatic heterocycles. The molecule has 0 saturated carbocycles. The van der Waals surface area contributed by atoms with Crippen LogP contribution in [0.15, 0.2) is 10.5 Å². The molecule has 0 aliphatic rings. The summed E-state index contributed by atoms with van der Waals surface area (Å²) in [6.45, 7) is 9.76. The van der Waals surface area contributed by atoms with E-state index < -0.39 is 11.7 Å². The highest BCUT2D eigenvalue weighted by atomic mass is 79.9. The molecule has 1 aromatic carbocycles. The summed E-state index contributed by atoms with van der Waals surface area (Å²) < 4.78 is 22.9. The highest BCUT2D eigenvalue weighted by molar-refractivity contribution is 9.10. The number of nitrogens with one attached hydrogen (secondary N) is 1. The molecule has 0 atom stereocenters. The van der Waals surface area contributed by atoms with Gasteiger partial charge in [-0.2, -0.15) is 0 Å². The van der Waals surface area contributed by atoms with Crippen molar-refractivity contribution in [2.24, 2.45) is 0 Å². The first-order chi connectivity index (χ1) is 11.6. The van der Waals surface area contributed by atoms with Crippen LogP contribution < -0.4 is 19.5 Å². The fourth-order valence-corrected chi connectivity index (χ4v) is 2.75. The fourth-order valence-electron chi connectivity index (χ4n) is 2.17. The molecule has 1 aromatic rings. The second-order valence-electron chi connectivity index (χ2n) is 6.75. The molecule has 1 amide bonds. The van der Waals surface area contributed by atoms with Crippen molar-refractivity contribution in [3.63, 3.8) is 0 Å². The summed E-state index contributed by atoms with van der Waals surface area (Å²) in [7, 11) is 3.15. The van der Waals surface area contributed by atoms with Crippen LogP contribution in [0.25, 0.3) is 0 Å². The van der Waals surface area contributed by atoms with Gasteiger partial charge in [0, 0.05) is 16.6 Å². The van der Waals surface area contributed by atoms with Crippen molar-refractivity contribution in [1.29, 1.82) is 0 Å². The summed E-state index contributed by atoms with van der Waals surface area (Å²) in [5, 5.41) is 2.75. The lowest BCUT2D eigenvalue weighted by Crippen LogP contribution is -2.33. The van der Waals surface area contributed by atoms with E-state index in [4.69, 9.17) is 18.9 Å². The van der Waals surface area contributed by atoms with Gasteiger partial charge in [-0.1, -0.05) is 15.9 Å². The Labute approximate surface area is 158 Å². The number of benzene rings is 1. The number of ether oxygens (including phenoxy) is 4. The largest absolute Gasteiger partial charge is 0.493 e. The molecule has 6 nitrogen and oxygen atoms in total. The Kier molecular flexibility index (Phi) is 7.86. The van der Waals surface area contributed by atoms with Gasteiger partial charge in [-0.05, 0) is 47.1 Å². The molecule has 0 fully saturated rings. The number of hydrogen-bond acceptors (Lipinski definition) is 5. The second kappa shape index (κ2) is 9.17. The van der Waals surface area contributed by atoms with Crippen LogP contribution in [0.3, 0.4) is 0 Å². The molecule has 0 bridgehead atoms. The minimum atomic E-state index is -0.528. The fraction of sp³-hybridized carbons (Fsp3) is 0.611. The van der Waals surface area contributed by atoms with Crippen molar-refractivity contribution >= 4 is 22.0 Å². The summed E-state index contributed by atoms with van der Waals surface area (Å²) in [4.78, 5) is 11.8. The van der Waals surface area contributed by atoms with Crippen molar-refractivity contribution in [1.82, 2.24) is 5.32 Å². The Balaban J connectivity index is 2.99. The third-order valence-corrected chi connectivity index (χ3v) is 3.78. The minimum Gasteiger partial charge on any atom is -0.493 e. The lowest BCUT2D eigenvalue weighted by atomic mass is 10.1. The number of rotatable bonds is 7. The lowest BCUT2D eigenvalue weighted by molar-refractivity contribution is 0.0528. The van der Waals surface area contributed by atoms with E-state index in [1.165, 1.54) is 0 Å². The van der Waals surface area contributed by atoms with E-state index in [0.29, 0.717) is 30.2 Å². The zero-order valence-electron chi connectivity index (χ0n) is 16.0. The minimum absolute atomic E-state index is 0.0366. The van der Waals surface area contributed by atoms with Crippen LogP contribution in [0, 0.1) is 0 Å². The maximum absolute atomic E-state index is 11.8. The van der Waals surface area contributed by atoms with Crippen LogP contribution in [0.4, 0.5) is 4.79 Å². The highest BCUT2D eigenvalue weighted by Gasteiger charge is 2.22. The molecule has 142 valence electrons. The lowest BCUT2D eigenvalue weighted by Gasteiger charge is -2.22. The third kappa shape index (κ3) is 6.65. The van der Waals surface area contributed by atoms with Crippen molar-refractivity contribution in [2.45, 2.75) is 52.7 Å². The average Bonchev–Trinajstić information content (AvgIpc) is 2.47. The van der Waals surface area contributed by atoms with E-state index >= 15 is 0 Å². The van der Waals surface area contributed by atoms with Crippen LogP contribution in [0.1, 0.15) is 40.2 Å². The second-order valence-corrected chi connectivity index (χ2v) is 7.60. The van der Waals surface area contributed by atoms with Crippen molar-refractivity contribution < 1.29 is 23.7 Å². The Hall–Kier alpha value is -1.63. The van der Waals surface area contributed by atoms with E-state index in [2.05, 4.69) is 21.2 Å². The Morgan fingerprint density at radius 1 is 1.20 bits per heavy atom. The molecule has 25 heavy (non-hydrogen) atoms. The van der Waals surface area contributed by atoms with Crippen molar-refractivity contribution in [2.75, 3.05) is 20.8 Å². The molecule has 0 unspecified atom stereocenters. The summed E-state index contributed by atoms with van der Waals surface area (Å²) >= 11 is 3.55. The normalized spacial score (nSPS) is 11.2. The number of halogens is 1. The number of carbonyl (C=O) groups excluding carboxylic acids is 1. The predicted molar refractivity (Wildman–Crippen MR) is 101 cm³/mol. The van der Waals surface area contributed by atoms with Gasteiger partial charge in [-0.3, -0.25) is 0 Å². The summed E-state index contributed by atoms with van der Waals surface area (Å²) in [6, 6.07) is 1.83. The van der Waals surface area contributed by atoms with Crippen LogP contribution in [0.2, 0.25) is 0 Å². The van der Waals surface area contributed by atoms with Gasteiger partial charge in [0.15, 0.2) is 11.5 Å². The van der Waals surface area contributed by atoms with E-state index in [1.807, 2.05) is 40.7 Å². The molecule has 0 aliphatic heterocycles. The van der Waals surface area contributed by atoms with E-state index in [-0.39, 0.29) is 6.10 Å². The van der Waals surface area contributed by atoms with Gasteiger partial charge in [0.05, 0.1) is 20.3 Å². The zero-order valence-corrected chi connectivity index (χ0v) is 17.6. The van der Waals surface area contributed by atoms with Gasteiger partial charge in [0.1, 0.15) is 5.60 Å². The first-order valence-corrected chi connectivity index (χ1v) is 8.95. The first kappa shape index (κ1) is 21.4. The van der Waals surface area contributed by atoms with Crippen LogP contribution in [-0.2, 0) is 11.2 Å². The van der Waals surface area contributed by atoms with Crippen LogP contribution in [-0.4, -0.2) is 38.6 Å². The molecule has 0 aliphatic carbocycles. The summed E-state index contributed by atoms with van der Waals surface area (Å²) in [6.07, 6.45) is 0.0586. The number of amides is 1. The molecule has 0 heterocycles. The maximum Gasteiger partial charge on any atom is 0.407 e. The summed E-state index contributed by atoms with van der Waals surface area (Å²) in [5.41, 5.74) is 0.363.